The van der Waals surface area contributed by atoms with E-state index in [1.165, 1.54) is 0 Å². The van der Waals surface area contributed by atoms with E-state index in [2.05, 4.69) is 13.8 Å². The number of hydrogen-bond donors (Lipinski definition) is 2. The molecule has 4 nitrogen and oxygen atoms in total. The lowest BCUT2D eigenvalue weighted by atomic mass is 9.78. The van der Waals surface area contributed by atoms with E-state index in [1.807, 2.05) is 6.92 Å². The van der Waals surface area contributed by atoms with E-state index in [0.717, 1.165) is 18.4 Å². The second-order valence-corrected chi connectivity index (χ2v) is 7.41. The van der Waals surface area contributed by atoms with E-state index in [1.54, 1.807) is 0 Å². The third-order valence-corrected chi connectivity index (χ3v) is 5.13. The molecule has 1 fully saturated rings. The molecule has 2 N–H and O–H groups in total. The molecule has 3 aliphatic rings. The van der Waals surface area contributed by atoms with Gasteiger partial charge >= 0.3 is 5.97 Å². The van der Waals surface area contributed by atoms with Crippen molar-refractivity contribution in [1.82, 2.24) is 0 Å². The summed E-state index contributed by atoms with van der Waals surface area (Å²) in [7, 11) is 0. The summed E-state index contributed by atoms with van der Waals surface area (Å²) >= 11 is 0. The molecule has 1 saturated carbocycles. The quantitative estimate of drug-likeness (QED) is 0.651. The van der Waals surface area contributed by atoms with Crippen molar-refractivity contribution < 1.29 is 19.7 Å². The van der Waals surface area contributed by atoms with Crippen LogP contribution in [-0.4, -0.2) is 34.5 Å². The minimum absolute atomic E-state index is 0.0379. The van der Waals surface area contributed by atoms with Gasteiger partial charge in [-0.05, 0) is 42.6 Å². The molecule has 4 atom stereocenters. The molecule has 0 amide bonds. The maximum Gasteiger partial charge on any atom is 0.337 e. The molecule has 4 heteroatoms. The topological polar surface area (TPSA) is 66.8 Å². The molecular weight excluding hydrogens is 244 g/mol. The number of rotatable bonds is 0. The number of esters is 1. The first-order valence-corrected chi connectivity index (χ1v) is 7.01. The van der Waals surface area contributed by atoms with Crippen LogP contribution in [-0.2, 0) is 9.53 Å². The van der Waals surface area contributed by atoms with Crippen LogP contribution < -0.4 is 0 Å². The van der Waals surface area contributed by atoms with Gasteiger partial charge in [-0.15, -0.1) is 0 Å². The standard InChI is InChI=1S/C15H22O4/c1-14(2)5-9-10(6-14)15(3,18)4-8-7-19-13(17)11(8)12(9)16/h9-10,12,16,18H,4-7H2,1-3H3/t9-,10+,12+,15+/m1/s1. The van der Waals surface area contributed by atoms with Crippen LogP contribution >= 0.6 is 0 Å². The van der Waals surface area contributed by atoms with Gasteiger partial charge in [0.05, 0.1) is 17.3 Å². The summed E-state index contributed by atoms with van der Waals surface area (Å²) in [6.07, 6.45) is 1.37. The number of aliphatic hydroxyl groups is 2. The molecule has 0 radical (unpaired) electrons. The Labute approximate surface area is 113 Å². The molecule has 0 aromatic rings. The van der Waals surface area contributed by atoms with Crippen molar-refractivity contribution in [3.8, 4) is 0 Å². The number of aliphatic hydroxyl groups excluding tert-OH is 1. The van der Waals surface area contributed by atoms with Crippen LogP contribution in [0.25, 0.3) is 0 Å². The molecule has 0 aromatic heterocycles. The summed E-state index contributed by atoms with van der Waals surface area (Å²) in [5, 5.41) is 21.4. The summed E-state index contributed by atoms with van der Waals surface area (Å²) in [4.78, 5) is 11.8. The largest absolute Gasteiger partial charge is 0.458 e. The number of hydrogen-bond acceptors (Lipinski definition) is 4. The predicted octanol–water partition coefficient (Wildman–Crippen LogP) is 1.41. The Morgan fingerprint density at radius 2 is 1.95 bits per heavy atom. The Bertz CT molecular complexity index is 461. The van der Waals surface area contributed by atoms with Crippen molar-refractivity contribution in [2.75, 3.05) is 6.61 Å². The van der Waals surface area contributed by atoms with Crippen LogP contribution in [0.1, 0.15) is 40.0 Å². The Morgan fingerprint density at radius 1 is 1.26 bits per heavy atom. The SMILES string of the molecule is CC1(C)C[C@H]2[C@H](O)C3=C(COC3=O)C[C@](C)(O)[C@H]2C1. The summed E-state index contributed by atoms with van der Waals surface area (Å²) in [6.45, 7) is 6.38. The fourth-order valence-electron chi connectivity index (χ4n) is 4.33. The lowest BCUT2D eigenvalue weighted by Crippen LogP contribution is -2.39. The zero-order valence-corrected chi connectivity index (χ0v) is 11.8. The zero-order valence-electron chi connectivity index (χ0n) is 11.8. The normalized spacial score (nSPS) is 44.7. The van der Waals surface area contributed by atoms with Crippen molar-refractivity contribution in [2.24, 2.45) is 17.3 Å². The van der Waals surface area contributed by atoms with Crippen molar-refractivity contribution in [3.05, 3.63) is 11.1 Å². The monoisotopic (exact) mass is 266 g/mol. The molecule has 0 saturated heterocycles. The van der Waals surface area contributed by atoms with E-state index >= 15 is 0 Å². The van der Waals surface area contributed by atoms with Gasteiger partial charge in [0.2, 0.25) is 0 Å². The van der Waals surface area contributed by atoms with Gasteiger partial charge in [-0.25, -0.2) is 4.79 Å². The maximum absolute atomic E-state index is 11.8. The number of fused-ring (bicyclic) bond motifs is 1. The highest BCUT2D eigenvalue weighted by atomic mass is 16.5. The minimum Gasteiger partial charge on any atom is -0.458 e. The van der Waals surface area contributed by atoms with Crippen LogP contribution in [0.5, 0.6) is 0 Å². The zero-order chi connectivity index (χ0) is 14.0. The lowest BCUT2D eigenvalue weighted by Gasteiger charge is -2.34. The van der Waals surface area contributed by atoms with Crippen molar-refractivity contribution in [1.29, 1.82) is 0 Å². The number of carbonyl (C=O) groups excluding carboxylic acids is 1. The Balaban J connectivity index is 2.04. The molecule has 3 rings (SSSR count). The van der Waals surface area contributed by atoms with Gasteiger partial charge in [-0.1, -0.05) is 13.8 Å². The molecule has 0 bridgehead atoms. The molecule has 1 aliphatic heterocycles. The molecule has 19 heavy (non-hydrogen) atoms. The molecule has 0 aromatic carbocycles. The first-order chi connectivity index (χ1) is 8.71. The van der Waals surface area contributed by atoms with Crippen molar-refractivity contribution in [2.45, 2.75) is 51.7 Å². The summed E-state index contributed by atoms with van der Waals surface area (Å²) < 4.78 is 5.04. The van der Waals surface area contributed by atoms with E-state index in [4.69, 9.17) is 4.74 Å². The van der Waals surface area contributed by atoms with Crippen LogP contribution in [0.4, 0.5) is 0 Å². The van der Waals surface area contributed by atoms with Crippen LogP contribution in [0.2, 0.25) is 0 Å². The molecular formula is C15H22O4. The summed E-state index contributed by atoms with van der Waals surface area (Å²) in [5.41, 5.74) is 0.436. The molecule has 0 spiro atoms. The highest BCUT2D eigenvalue weighted by molar-refractivity contribution is 5.93. The lowest BCUT2D eigenvalue weighted by molar-refractivity contribution is -0.138. The van der Waals surface area contributed by atoms with Gasteiger partial charge in [0.25, 0.3) is 0 Å². The van der Waals surface area contributed by atoms with E-state index in [-0.39, 0.29) is 23.9 Å². The van der Waals surface area contributed by atoms with Crippen molar-refractivity contribution in [3.63, 3.8) is 0 Å². The highest BCUT2D eigenvalue weighted by Gasteiger charge is 2.54. The van der Waals surface area contributed by atoms with Gasteiger partial charge < -0.3 is 14.9 Å². The van der Waals surface area contributed by atoms with Gasteiger partial charge in [-0.3, -0.25) is 0 Å². The average molecular weight is 266 g/mol. The first kappa shape index (κ1) is 13.1. The summed E-state index contributed by atoms with van der Waals surface area (Å²) in [5.74, 6) is -0.414. The molecule has 1 heterocycles. The Kier molecular flexibility index (Phi) is 2.64. The Morgan fingerprint density at radius 3 is 2.63 bits per heavy atom. The van der Waals surface area contributed by atoms with E-state index < -0.39 is 17.7 Å². The van der Waals surface area contributed by atoms with E-state index in [0.29, 0.717) is 12.0 Å². The van der Waals surface area contributed by atoms with Crippen LogP contribution in [0.3, 0.4) is 0 Å². The van der Waals surface area contributed by atoms with Gasteiger partial charge in [0.1, 0.15) is 6.61 Å². The minimum atomic E-state index is -0.871. The summed E-state index contributed by atoms with van der Waals surface area (Å²) in [6, 6.07) is 0. The number of cyclic esters (lactones) is 1. The highest BCUT2D eigenvalue weighted by Crippen LogP contribution is 2.55. The van der Waals surface area contributed by atoms with Crippen LogP contribution in [0.15, 0.2) is 11.1 Å². The second kappa shape index (κ2) is 3.83. The average Bonchev–Trinajstić information content (AvgIpc) is 2.76. The number of ether oxygens (including phenoxy) is 1. The molecule has 0 unspecified atom stereocenters. The van der Waals surface area contributed by atoms with Crippen molar-refractivity contribution >= 4 is 5.97 Å². The number of carbonyl (C=O) groups is 1. The predicted molar refractivity (Wildman–Crippen MR) is 69.2 cm³/mol. The second-order valence-electron chi connectivity index (χ2n) is 7.41. The van der Waals surface area contributed by atoms with E-state index in [9.17, 15) is 15.0 Å². The van der Waals surface area contributed by atoms with Gasteiger partial charge in [0, 0.05) is 6.42 Å². The Hall–Kier alpha value is -0.870. The maximum atomic E-state index is 11.8. The fraction of sp³-hybridized carbons (Fsp3) is 0.800. The molecule has 106 valence electrons. The van der Waals surface area contributed by atoms with Gasteiger partial charge in [-0.2, -0.15) is 0 Å². The third kappa shape index (κ3) is 1.93. The first-order valence-electron chi connectivity index (χ1n) is 7.01. The smallest absolute Gasteiger partial charge is 0.337 e. The van der Waals surface area contributed by atoms with Crippen LogP contribution in [0, 0.1) is 17.3 Å². The third-order valence-electron chi connectivity index (χ3n) is 5.13. The van der Waals surface area contributed by atoms with Gasteiger partial charge in [0.15, 0.2) is 0 Å². The molecule has 2 aliphatic carbocycles. The fourth-order valence-corrected chi connectivity index (χ4v) is 4.33.